The fourth-order valence-corrected chi connectivity index (χ4v) is 4.18. The van der Waals surface area contributed by atoms with Crippen LogP contribution in [0.4, 0.5) is 15.3 Å². The number of ether oxygens (including phenoxy) is 2. The van der Waals surface area contributed by atoms with Crippen LogP contribution in [0, 0.1) is 0 Å². The van der Waals surface area contributed by atoms with Crippen LogP contribution in [0.5, 0.6) is 0 Å². The lowest BCUT2D eigenvalue weighted by molar-refractivity contribution is 0.0998. The SMILES string of the molecule is CS(=O)(=O)OCC1CN(c2ccc(C3=CCN(C(=O)OCc4ccccc4)CC3)cc2)C(=O)O1. The van der Waals surface area contributed by atoms with E-state index >= 15 is 0 Å². The molecule has 0 aliphatic carbocycles. The molecule has 1 fully saturated rings. The van der Waals surface area contributed by atoms with Crippen molar-refractivity contribution in [1.29, 1.82) is 0 Å². The molecule has 180 valence electrons. The molecular weight excluding hydrogens is 460 g/mol. The van der Waals surface area contributed by atoms with Crippen LogP contribution in [0.25, 0.3) is 5.57 Å². The van der Waals surface area contributed by atoms with E-state index < -0.39 is 22.3 Å². The first-order valence-electron chi connectivity index (χ1n) is 10.9. The highest BCUT2D eigenvalue weighted by molar-refractivity contribution is 7.85. The monoisotopic (exact) mass is 486 g/mol. The summed E-state index contributed by atoms with van der Waals surface area (Å²) in [6.45, 7) is 1.26. The Labute approximate surface area is 198 Å². The Morgan fingerprint density at radius 2 is 1.85 bits per heavy atom. The molecule has 2 aliphatic heterocycles. The average molecular weight is 487 g/mol. The molecule has 4 rings (SSSR count). The Hall–Kier alpha value is -3.37. The highest BCUT2D eigenvalue weighted by Crippen LogP contribution is 2.27. The molecule has 0 aromatic heterocycles. The maximum absolute atomic E-state index is 12.3. The Bertz CT molecular complexity index is 1160. The molecule has 2 amide bonds. The predicted molar refractivity (Wildman–Crippen MR) is 126 cm³/mol. The smallest absolute Gasteiger partial charge is 0.414 e. The molecule has 1 saturated heterocycles. The van der Waals surface area contributed by atoms with Crippen molar-refractivity contribution in [3.8, 4) is 0 Å². The van der Waals surface area contributed by atoms with Crippen LogP contribution in [-0.4, -0.2) is 64.1 Å². The van der Waals surface area contributed by atoms with E-state index in [0.717, 1.165) is 23.0 Å². The van der Waals surface area contributed by atoms with Gasteiger partial charge in [-0.25, -0.2) is 9.59 Å². The number of benzene rings is 2. The van der Waals surface area contributed by atoms with Crippen molar-refractivity contribution >= 4 is 33.6 Å². The van der Waals surface area contributed by atoms with Crippen molar-refractivity contribution in [3.63, 3.8) is 0 Å². The molecule has 10 heteroatoms. The Kier molecular flexibility index (Phi) is 7.18. The van der Waals surface area contributed by atoms with Crippen LogP contribution in [0.2, 0.25) is 0 Å². The van der Waals surface area contributed by atoms with Gasteiger partial charge in [0.15, 0.2) is 0 Å². The lowest BCUT2D eigenvalue weighted by atomic mass is 9.99. The van der Waals surface area contributed by atoms with Crippen LogP contribution in [0.15, 0.2) is 60.7 Å². The molecule has 2 heterocycles. The third-order valence-corrected chi connectivity index (χ3v) is 6.13. The lowest BCUT2D eigenvalue weighted by Gasteiger charge is -2.26. The van der Waals surface area contributed by atoms with Gasteiger partial charge in [0.2, 0.25) is 0 Å². The fraction of sp³-hybridized carbons (Fsp3) is 0.333. The molecule has 0 radical (unpaired) electrons. The van der Waals surface area contributed by atoms with E-state index in [1.807, 2.05) is 60.7 Å². The van der Waals surface area contributed by atoms with Gasteiger partial charge >= 0.3 is 12.2 Å². The zero-order chi connectivity index (χ0) is 24.1. The summed E-state index contributed by atoms with van der Waals surface area (Å²) in [5.41, 5.74) is 3.71. The molecule has 34 heavy (non-hydrogen) atoms. The van der Waals surface area contributed by atoms with Crippen LogP contribution in [-0.2, 0) is 30.4 Å². The summed E-state index contributed by atoms with van der Waals surface area (Å²) < 4.78 is 37.6. The zero-order valence-electron chi connectivity index (χ0n) is 18.8. The quantitative estimate of drug-likeness (QED) is 0.553. The molecule has 1 atom stereocenters. The van der Waals surface area contributed by atoms with Gasteiger partial charge in [-0.15, -0.1) is 0 Å². The van der Waals surface area contributed by atoms with E-state index in [1.54, 1.807) is 4.90 Å². The summed E-state index contributed by atoms with van der Waals surface area (Å²) in [7, 11) is -3.60. The number of amides is 2. The molecular formula is C24H26N2O7S. The third kappa shape index (κ3) is 6.15. The van der Waals surface area contributed by atoms with E-state index in [-0.39, 0.29) is 25.9 Å². The fourth-order valence-electron chi connectivity index (χ4n) is 3.78. The molecule has 0 bridgehead atoms. The van der Waals surface area contributed by atoms with Crippen LogP contribution >= 0.6 is 0 Å². The highest BCUT2D eigenvalue weighted by Gasteiger charge is 2.33. The summed E-state index contributed by atoms with van der Waals surface area (Å²) in [6.07, 6.45) is 2.11. The van der Waals surface area contributed by atoms with Crippen molar-refractivity contribution in [2.45, 2.75) is 19.1 Å². The second kappa shape index (κ2) is 10.3. The maximum Gasteiger partial charge on any atom is 0.414 e. The number of carbonyl (C=O) groups excluding carboxylic acids is 2. The van der Waals surface area contributed by atoms with E-state index in [2.05, 4.69) is 0 Å². The molecule has 9 nitrogen and oxygen atoms in total. The summed E-state index contributed by atoms with van der Waals surface area (Å²) in [5.74, 6) is 0. The summed E-state index contributed by atoms with van der Waals surface area (Å²) >= 11 is 0. The van der Waals surface area contributed by atoms with E-state index in [9.17, 15) is 18.0 Å². The van der Waals surface area contributed by atoms with Crippen LogP contribution in [0.3, 0.4) is 0 Å². The number of nitrogens with zero attached hydrogens (tertiary/aromatic N) is 2. The normalized spacial score (nSPS) is 18.4. The Morgan fingerprint density at radius 1 is 1.12 bits per heavy atom. The van der Waals surface area contributed by atoms with Gasteiger partial charge in [-0.2, -0.15) is 8.42 Å². The van der Waals surface area contributed by atoms with Crippen molar-refractivity contribution in [1.82, 2.24) is 4.90 Å². The van der Waals surface area contributed by atoms with Gasteiger partial charge in [-0.1, -0.05) is 48.5 Å². The number of rotatable bonds is 7. The Balaban J connectivity index is 1.30. The molecule has 0 N–H and O–H groups in total. The lowest BCUT2D eigenvalue weighted by Crippen LogP contribution is -2.35. The molecule has 2 aromatic carbocycles. The second-order valence-electron chi connectivity index (χ2n) is 8.12. The first-order valence-corrected chi connectivity index (χ1v) is 12.7. The molecule has 0 saturated carbocycles. The number of hydrogen-bond donors (Lipinski definition) is 0. The first-order chi connectivity index (χ1) is 16.3. The average Bonchev–Trinajstić information content (AvgIpc) is 3.22. The number of hydrogen-bond acceptors (Lipinski definition) is 7. The maximum atomic E-state index is 12.3. The van der Waals surface area contributed by atoms with Gasteiger partial charge in [-0.05, 0) is 35.3 Å². The summed E-state index contributed by atoms with van der Waals surface area (Å²) in [5, 5.41) is 0. The number of carbonyl (C=O) groups is 2. The molecule has 2 aromatic rings. The summed E-state index contributed by atoms with van der Waals surface area (Å²) in [4.78, 5) is 27.6. The molecule has 0 spiro atoms. The van der Waals surface area contributed by atoms with Gasteiger partial charge < -0.3 is 14.4 Å². The zero-order valence-corrected chi connectivity index (χ0v) is 19.6. The second-order valence-corrected chi connectivity index (χ2v) is 9.76. The molecule has 1 unspecified atom stereocenters. The molecule has 2 aliphatic rings. The topological polar surface area (TPSA) is 102 Å². The van der Waals surface area contributed by atoms with Gasteiger partial charge in [0.05, 0.1) is 12.8 Å². The minimum Gasteiger partial charge on any atom is -0.445 e. The van der Waals surface area contributed by atoms with E-state index in [0.29, 0.717) is 25.2 Å². The van der Waals surface area contributed by atoms with Gasteiger partial charge in [-0.3, -0.25) is 9.08 Å². The largest absolute Gasteiger partial charge is 0.445 e. The Morgan fingerprint density at radius 3 is 2.50 bits per heavy atom. The third-order valence-electron chi connectivity index (χ3n) is 5.56. The van der Waals surface area contributed by atoms with E-state index in [4.69, 9.17) is 13.7 Å². The minimum absolute atomic E-state index is 0.205. The van der Waals surface area contributed by atoms with Gasteiger partial charge in [0.25, 0.3) is 10.1 Å². The van der Waals surface area contributed by atoms with Gasteiger partial charge in [0.1, 0.15) is 19.3 Å². The van der Waals surface area contributed by atoms with E-state index in [1.165, 1.54) is 4.90 Å². The van der Waals surface area contributed by atoms with Crippen molar-refractivity contribution in [2.75, 3.05) is 37.4 Å². The van der Waals surface area contributed by atoms with Crippen molar-refractivity contribution in [2.24, 2.45) is 0 Å². The number of cyclic esters (lactones) is 1. The van der Waals surface area contributed by atoms with Gasteiger partial charge in [0, 0.05) is 18.8 Å². The first kappa shape index (κ1) is 23.8. The van der Waals surface area contributed by atoms with Crippen LogP contribution < -0.4 is 4.90 Å². The summed E-state index contributed by atoms with van der Waals surface area (Å²) in [6, 6.07) is 17.0. The van der Waals surface area contributed by atoms with Crippen molar-refractivity contribution in [3.05, 3.63) is 71.8 Å². The highest BCUT2D eigenvalue weighted by atomic mass is 32.2. The predicted octanol–water partition coefficient (Wildman–Crippen LogP) is 3.41. The standard InChI is InChI=1S/C24H26N2O7S/c1-34(29,30)32-17-22-15-26(24(28)33-22)21-9-7-19(8-10-21)20-11-13-25(14-12-20)23(27)31-16-18-5-3-2-4-6-18/h2-11,22H,12-17H2,1H3. The van der Waals surface area contributed by atoms with Crippen LogP contribution in [0.1, 0.15) is 17.5 Å². The van der Waals surface area contributed by atoms with Crippen molar-refractivity contribution < 1.29 is 31.7 Å². The minimum atomic E-state index is -3.60. The number of anilines is 1.